The number of benzene rings is 8. The Labute approximate surface area is 372 Å². The van der Waals surface area contributed by atoms with Crippen LogP contribution in [0.2, 0.25) is 0 Å². The maximum Gasteiger partial charge on any atom is 0.467 e. The van der Waals surface area contributed by atoms with Crippen LogP contribution in [0.5, 0.6) is 0 Å². The van der Waals surface area contributed by atoms with E-state index in [9.17, 15) is 0 Å². The van der Waals surface area contributed by atoms with Gasteiger partial charge in [-0.2, -0.15) is 0 Å². The molecule has 0 unspecified atom stereocenters. The normalized spacial score (nSPS) is 13.4. The Morgan fingerprint density at radius 1 is 0.391 bits per heavy atom. The zero-order chi connectivity index (χ0) is 42.7. The molecule has 9 heteroatoms. The molecule has 1 saturated heterocycles. The van der Waals surface area contributed by atoms with Gasteiger partial charge in [0.15, 0.2) is 0 Å². The first-order valence-electron chi connectivity index (χ1n) is 21.8. The molecule has 0 amide bonds. The number of nitrogens with zero attached hydrogens (tertiary/aromatic N) is 3. The van der Waals surface area contributed by atoms with E-state index in [1.165, 1.54) is 16.2 Å². The Morgan fingerprint density at radius 2 is 0.812 bits per heavy atom. The fraction of sp³-hybridized carbons (Fsp3) is 0.0182. The van der Waals surface area contributed by atoms with Crippen LogP contribution in [-0.2, 0) is 13.7 Å². The molecule has 0 spiro atoms. The second kappa shape index (κ2) is 15.7. The molecule has 1 aliphatic rings. The van der Waals surface area contributed by atoms with Gasteiger partial charge in [0.1, 0.15) is 0 Å². The fourth-order valence-electron chi connectivity index (χ4n) is 9.82. The van der Waals surface area contributed by atoms with Crippen molar-refractivity contribution in [3.8, 4) is 17.1 Å². The first kappa shape index (κ1) is 38.2. The van der Waals surface area contributed by atoms with Gasteiger partial charge in [0, 0.05) is 49.6 Å². The molecule has 0 atom stereocenters. The van der Waals surface area contributed by atoms with Crippen molar-refractivity contribution < 1.29 is 13.7 Å². The van der Waals surface area contributed by atoms with E-state index >= 15 is 0 Å². The number of hydrogen-bond acceptors (Lipinski definition) is 3. The van der Waals surface area contributed by atoms with Crippen LogP contribution in [0.1, 0.15) is 18.2 Å². The molecule has 0 aliphatic carbocycles. The van der Waals surface area contributed by atoms with Crippen molar-refractivity contribution in [1.29, 1.82) is 0 Å². The molecule has 3 aromatic heterocycles. The summed E-state index contributed by atoms with van der Waals surface area (Å²) in [6.07, 6.45) is 6.16. The Bertz CT molecular complexity index is 3570. The summed E-state index contributed by atoms with van der Waals surface area (Å²) in [6.45, 7) is 6.30. The Kier molecular flexibility index (Phi) is 9.34. The van der Waals surface area contributed by atoms with Gasteiger partial charge in [-0.25, -0.2) is 0 Å². The monoisotopic (exact) mass is 823 g/mol. The molecule has 11 aromatic rings. The van der Waals surface area contributed by atoms with Gasteiger partial charge in [0.25, 0.3) is 0 Å². The van der Waals surface area contributed by atoms with Crippen molar-refractivity contribution in [2.75, 3.05) is 0 Å². The van der Waals surface area contributed by atoms with E-state index in [4.69, 9.17) is 13.7 Å². The molecule has 1 aliphatic heterocycles. The van der Waals surface area contributed by atoms with Gasteiger partial charge in [-0.05, 0) is 96.1 Å². The molecule has 302 valence electrons. The second-order valence-electron chi connectivity index (χ2n) is 16.3. The molecule has 6 nitrogen and oxygen atoms in total. The summed E-state index contributed by atoms with van der Waals surface area (Å²) in [4.78, 5) is 0. The Morgan fingerprint density at radius 3 is 1.34 bits per heavy atom. The highest BCUT2D eigenvalue weighted by atomic mass is 16.7. The van der Waals surface area contributed by atoms with E-state index < -0.39 is 21.4 Å². The number of para-hydroxylation sites is 5. The van der Waals surface area contributed by atoms with E-state index in [0.717, 1.165) is 83.1 Å². The number of aromatic nitrogens is 3. The van der Waals surface area contributed by atoms with Gasteiger partial charge in [-0.1, -0.05) is 146 Å². The fourth-order valence-corrected chi connectivity index (χ4v) is 9.82. The summed E-state index contributed by atoms with van der Waals surface area (Å²) in [6, 6.07) is 68.2. The molecular weight excluding hydrogens is 783 g/mol. The third-order valence-corrected chi connectivity index (χ3v) is 12.6. The molecule has 0 radical (unpaired) electrons. The number of hydrogen-bond donors (Lipinski definition) is 0. The van der Waals surface area contributed by atoms with Crippen LogP contribution in [0.15, 0.2) is 207 Å². The van der Waals surface area contributed by atoms with Crippen LogP contribution in [0, 0.1) is 0 Å². The van der Waals surface area contributed by atoms with Gasteiger partial charge in [-0.15, -0.1) is 0 Å². The van der Waals surface area contributed by atoms with E-state index in [1.807, 2.05) is 13.0 Å². The smallest absolute Gasteiger partial charge is 0.445 e. The van der Waals surface area contributed by atoms with E-state index in [2.05, 4.69) is 227 Å². The van der Waals surface area contributed by atoms with E-state index in [1.54, 1.807) is 0 Å². The maximum absolute atomic E-state index is 6.98. The summed E-state index contributed by atoms with van der Waals surface area (Å²) >= 11 is 0. The second-order valence-corrected chi connectivity index (χ2v) is 16.3. The van der Waals surface area contributed by atoms with Crippen molar-refractivity contribution in [2.45, 2.75) is 6.92 Å². The summed E-state index contributed by atoms with van der Waals surface area (Å²) in [7, 11) is -2.32. The first-order valence-corrected chi connectivity index (χ1v) is 21.8. The van der Waals surface area contributed by atoms with Crippen LogP contribution < -0.4 is 16.4 Å². The third-order valence-electron chi connectivity index (χ3n) is 12.6. The Hall–Kier alpha value is -7.55. The standard InChI is InChI=1S/C55H40B3N3O3/c1-3-18-44-45-25-8-13-30-52(45)60(50(44)4-2)42-23-16-19-38(35-42)56-62-57(39-20-17-24-43(36-39)61-53-31-14-9-26-46(53)47-27-10-15-32-54(47)61)64-58(63-56)40-33-34-49-48-28-11-12-29-51(48)59(55(49)37-40)41-21-6-5-7-22-41/h3-37H,2H2,1H3/b18-3-. The summed E-state index contributed by atoms with van der Waals surface area (Å²) in [5.41, 5.74) is 13.5. The highest BCUT2D eigenvalue weighted by molar-refractivity contribution is 6.87. The molecule has 8 aromatic carbocycles. The molecule has 64 heavy (non-hydrogen) atoms. The lowest BCUT2D eigenvalue weighted by Crippen LogP contribution is -2.61. The first-order chi connectivity index (χ1) is 31.7. The summed E-state index contributed by atoms with van der Waals surface area (Å²) < 4.78 is 27.8. The van der Waals surface area contributed by atoms with Gasteiger partial charge >= 0.3 is 21.4 Å². The predicted octanol–water partition coefficient (Wildman–Crippen LogP) is 11.1. The van der Waals surface area contributed by atoms with Gasteiger partial charge in [0.2, 0.25) is 0 Å². The zero-order valence-electron chi connectivity index (χ0n) is 35.2. The van der Waals surface area contributed by atoms with Crippen LogP contribution in [-0.4, -0.2) is 35.1 Å². The van der Waals surface area contributed by atoms with Crippen molar-refractivity contribution in [1.82, 2.24) is 13.7 Å². The summed E-state index contributed by atoms with van der Waals surface area (Å²) in [5.74, 6) is 0. The maximum atomic E-state index is 6.98. The molecule has 4 heterocycles. The molecule has 0 bridgehead atoms. The third kappa shape index (κ3) is 6.20. The lowest BCUT2D eigenvalue weighted by molar-refractivity contribution is 0.308. The quantitative estimate of drug-likeness (QED) is 0.143. The minimum absolute atomic E-state index is 0.770. The average molecular weight is 823 g/mol. The molecular formula is C55H40B3N3O3. The van der Waals surface area contributed by atoms with Crippen LogP contribution in [0.25, 0.3) is 83.7 Å². The van der Waals surface area contributed by atoms with Crippen LogP contribution >= 0.6 is 0 Å². The largest absolute Gasteiger partial charge is 0.467 e. The highest BCUT2D eigenvalue weighted by Gasteiger charge is 2.44. The van der Waals surface area contributed by atoms with Gasteiger partial charge < -0.3 is 27.4 Å². The van der Waals surface area contributed by atoms with Crippen LogP contribution in [0.4, 0.5) is 0 Å². The SMILES string of the molecule is C=Cc1c(/C=C\C)c2ccccc2n1-c1cccc(B2OB(c3cccc(-n4c5ccccc5c5ccccc54)c3)OB(c3ccc4c5ccccc5n(-c5ccccc5)c4c3)O2)c1. The number of rotatable bonds is 8. The van der Waals surface area contributed by atoms with Gasteiger partial charge in [0.05, 0.1) is 33.3 Å². The minimum Gasteiger partial charge on any atom is -0.445 e. The summed E-state index contributed by atoms with van der Waals surface area (Å²) in [5, 5.41) is 5.91. The van der Waals surface area contributed by atoms with E-state index in [0.29, 0.717) is 0 Å². The predicted molar refractivity (Wildman–Crippen MR) is 269 cm³/mol. The Balaban J connectivity index is 1.00. The van der Waals surface area contributed by atoms with Gasteiger partial charge in [-0.3, -0.25) is 0 Å². The lowest BCUT2D eigenvalue weighted by atomic mass is 9.61. The van der Waals surface area contributed by atoms with E-state index in [-0.39, 0.29) is 0 Å². The molecule has 1 fully saturated rings. The topological polar surface area (TPSA) is 42.5 Å². The minimum atomic E-state index is -0.778. The zero-order valence-corrected chi connectivity index (χ0v) is 35.2. The number of allylic oxidation sites excluding steroid dienone is 1. The lowest BCUT2D eigenvalue weighted by Gasteiger charge is -2.32. The van der Waals surface area contributed by atoms with Crippen molar-refractivity contribution in [2.24, 2.45) is 0 Å². The van der Waals surface area contributed by atoms with Crippen molar-refractivity contribution >= 4 is 104 Å². The molecule has 0 N–H and O–H groups in total. The van der Waals surface area contributed by atoms with Crippen molar-refractivity contribution in [3.05, 3.63) is 218 Å². The highest BCUT2D eigenvalue weighted by Crippen LogP contribution is 2.34. The average Bonchev–Trinajstić information content (AvgIpc) is 3.99. The van der Waals surface area contributed by atoms with Crippen LogP contribution in [0.3, 0.4) is 0 Å². The molecule has 12 rings (SSSR count). The van der Waals surface area contributed by atoms with Crippen molar-refractivity contribution in [3.63, 3.8) is 0 Å². The molecule has 0 saturated carbocycles. The number of fused-ring (bicyclic) bond motifs is 7.